The Balaban J connectivity index is 2.44. The molecule has 0 saturated heterocycles. The summed E-state index contributed by atoms with van der Waals surface area (Å²) >= 11 is 0. The van der Waals surface area contributed by atoms with Gasteiger partial charge < -0.3 is 10.0 Å². The number of rotatable bonds is 0. The molecule has 1 aromatic rings. The van der Waals surface area contributed by atoms with Crippen molar-refractivity contribution in [2.45, 2.75) is 46.1 Å². The number of carbonyl (C=O) groups excluding carboxylic acids is 1. The van der Waals surface area contributed by atoms with Gasteiger partial charge >= 0.3 is 0 Å². The molecule has 1 atom stereocenters. The Labute approximate surface area is 115 Å². The van der Waals surface area contributed by atoms with Crippen LogP contribution in [0.15, 0.2) is 24.3 Å². The summed E-state index contributed by atoms with van der Waals surface area (Å²) in [5, 5.41) is 10.2. The van der Waals surface area contributed by atoms with Crippen LogP contribution in [0, 0.1) is 5.41 Å². The fourth-order valence-corrected chi connectivity index (χ4v) is 2.51. The van der Waals surface area contributed by atoms with Crippen molar-refractivity contribution < 1.29 is 9.90 Å². The highest BCUT2D eigenvalue weighted by atomic mass is 16.3. The summed E-state index contributed by atoms with van der Waals surface area (Å²) in [5.41, 5.74) is 1.34. The third kappa shape index (κ3) is 2.98. The van der Waals surface area contributed by atoms with Crippen molar-refractivity contribution >= 4 is 11.6 Å². The second kappa shape index (κ2) is 5.33. The van der Waals surface area contributed by atoms with E-state index in [2.05, 4.69) is 0 Å². The number of anilines is 1. The Hall–Kier alpha value is -1.35. The first-order chi connectivity index (χ1) is 8.91. The molecule has 0 spiro atoms. The minimum atomic E-state index is -0.466. The van der Waals surface area contributed by atoms with E-state index >= 15 is 0 Å². The first kappa shape index (κ1) is 14.1. The zero-order chi connectivity index (χ0) is 14.0. The maximum atomic E-state index is 12.6. The minimum Gasteiger partial charge on any atom is -0.388 e. The number of benzene rings is 1. The normalized spacial score (nSPS) is 20.4. The standard InChI is InChI=1S/C16H23NO2/c1-16(2,3)15(19)17-11-7-6-10-14(18)12-8-4-5-9-13(12)17/h4-5,8-9,14,18H,6-7,10-11H2,1-3H3. The molecular weight excluding hydrogens is 238 g/mol. The smallest absolute Gasteiger partial charge is 0.232 e. The minimum absolute atomic E-state index is 0.119. The largest absolute Gasteiger partial charge is 0.388 e. The van der Waals surface area contributed by atoms with E-state index in [9.17, 15) is 9.90 Å². The molecule has 1 N–H and O–H groups in total. The van der Waals surface area contributed by atoms with Crippen molar-refractivity contribution in [3.8, 4) is 0 Å². The van der Waals surface area contributed by atoms with Crippen molar-refractivity contribution in [1.82, 2.24) is 0 Å². The zero-order valence-corrected chi connectivity index (χ0v) is 12.0. The lowest BCUT2D eigenvalue weighted by atomic mass is 9.92. The van der Waals surface area contributed by atoms with Crippen molar-refractivity contribution in [1.29, 1.82) is 0 Å². The molecule has 3 heteroatoms. The van der Waals surface area contributed by atoms with E-state index in [4.69, 9.17) is 0 Å². The van der Waals surface area contributed by atoms with Gasteiger partial charge in [-0.25, -0.2) is 0 Å². The number of aliphatic hydroxyl groups is 1. The van der Waals surface area contributed by atoms with Gasteiger partial charge in [0, 0.05) is 23.2 Å². The Morgan fingerprint density at radius 3 is 2.63 bits per heavy atom. The lowest BCUT2D eigenvalue weighted by molar-refractivity contribution is -0.125. The van der Waals surface area contributed by atoms with Crippen LogP contribution in [0.25, 0.3) is 0 Å². The van der Waals surface area contributed by atoms with Crippen LogP contribution >= 0.6 is 0 Å². The second-order valence-electron chi connectivity index (χ2n) is 6.28. The van der Waals surface area contributed by atoms with Crippen molar-refractivity contribution in [2.24, 2.45) is 5.41 Å². The molecule has 0 aromatic heterocycles. The molecule has 1 aliphatic heterocycles. The van der Waals surface area contributed by atoms with E-state index in [0.717, 1.165) is 37.1 Å². The fourth-order valence-electron chi connectivity index (χ4n) is 2.51. The van der Waals surface area contributed by atoms with Gasteiger partial charge in [0.05, 0.1) is 6.10 Å². The van der Waals surface area contributed by atoms with E-state index in [-0.39, 0.29) is 5.91 Å². The zero-order valence-electron chi connectivity index (χ0n) is 12.0. The lowest BCUT2D eigenvalue weighted by Crippen LogP contribution is -2.41. The first-order valence-corrected chi connectivity index (χ1v) is 7.00. The summed E-state index contributed by atoms with van der Waals surface area (Å²) < 4.78 is 0. The third-order valence-electron chi connectivity index (χ3n) is 3.58. The van der Waals surface area contributed by atoms with Crippen molar-refractivity contribution in [3.63, 3.8) is 0 Å². The average Bonchev–Trinajstić information content (AvgIpc) is 2.35. The number of carbonyl (C=O) groups is 1. The first-order valence-electron chi connectivity index (χ1n) is 7.00. The Kier molecular flexibility index (Phi) is 3.95. The van der Waals surface area contributed by atoms with Gasteiger partial charge in [0.2, 0.25) is 5.91 Å². The van der Waals surface area contributed by atoms with Crippen LogP contribution in [-0.4, -0.2) is 17.6 Å². The molecule has 1 aliphatic rings. The quantitative estimate of drug-likeness (QED) is 0.778. The summed E-state index contributed by atoms with van der Waals surface area (Å²) in [6.07, 6.45) is 2.19. The number of amides is 1. The molecule has 104 valence electrons. The van der Waals surface area contributed by atoms with Gasteiger partial charge in [-0.05, 0) is 25.3 Å². The van der Waals surface area contributed by atoms with E-state index < -0.39 is 11.5 Å². The number of aliphatic hydroxyl groups excluding tert-OH is 1. The molecule has 0 aliphatic carbocycles. The molecule has 0 radical (unpaired) electrons. The monoisotopic (exact) mass is 261 g/mol. The Morgan fingerprint density at radius 2 is 1.95 bits per heavy atom. The second-order valence-corrected chi connectivity index (χ2v) is 6.28. The molecule has 2 rings (SSSR count). The van der Waals surface area contributed by atoms with Crippen LogP contribution in [0.5, 0.6) is 0 Å². The summed E-state index contributed by atoms with van der Waals surface area (Å²) in [5.74, 6) is 0.119. The van der Waals surface area contributed by atoms with Crippen molar-refractivity contribution in [3.05, 3.63) is 29.8 Å². The van der Waals surface area contributed by atoms with E-state index in [1.165, 1.54) is 0 Å². The number of fused-ring (bicyclic) bond motifs is 1. The average molecular weight is 261 g/mol. The maximum absolute atomic E-state index is 12.6. The molecule has 19 heavy (non-hydrogen) atoms. The lowest BCUT2D eigenvalue weighted by Gasteiger charge is -2.33. The molecule has 3 nitrogen and oxygen atoms in total. The molecular formula is C16H23NO2. The summed E-state index contributed by atoms with van der Waals surface area (Å²) in [6, 6.07) is 7.71. The van der Waals surface area contributed by atoms with Crippen LogP contribution in [0.1, 0.15) is 51.7 Å². The van der Waals surface area contributed by atoms with E-state index in [0.29, 0.717) is 0 Å². The van der Waals surface area contributed by atoms with Gasteiger partial charge in [0.15, 0.2) is 0 Å². The van der Waals surface area contributed by atoms with Crippen LogP contribution in [0.3, 0.4) is 0 Å². The van der Waals surface area contributed by atoms with Gasteiger partial charge in [-0.1, -0.05) is 39.0 Å². The number of para-hydroxylation sites is 1. The summed E-state index contributed by atoms with van der Waals surface area (Å²) in [7, 11) is 0. The predicted molar refractivity (Wildman–Crippen MR) is 77.1 cm³/mol. The molecule has 0 bridgehead atoms. The Bertz CT molecular complexity index is 462. The van der Waals surface area contributed by atoms with Gasteiger partial charge in [-0.2, -0.15) is 0 Å². The predicted octanol–water partition coefficient (Wildman–Crippen LogP) is 3.28. The molecule has 0 fully saturated rings. The Morgan fingerprint density at radius 1 is 1.26 bits per heavy atom. The summed E-state index contributed by atoms with van der Waals surface area (Å²) in [6.45, 7) is 6.55. The van der Waals surface area contributed by atoms with Crippen LogP contribution < -0.4 is 4.90 Å². The van der Waals surface area contributed by atoms with Crippen LogP contribution in [0.4, 0.5) is 5.69 Å². The fraction of sp³-hybridized carbons (Fsp3) is 0.562. The molecule has 1 heterocycles. The summed E-state index contributed by atoms with van der Waals surface area (Å²) in [4.78, 5) is 14.4. The number of hydrogen-bond acceptors (Lipinski definition) is 2. The van der Waals surface area contributed by atoms with Gasteiger partial charge in [0.25, 0.3) is 0 Å². The highest BCUT2D eigenvalue weighted by Gasteiger charge is 2.30. The molecule has 1 unspecified atom stereocenters. The highest BCUT2D eigenvalue weighted by Crippen LogP contribution is 2.34. The molecule has 0 saturated carbocycles. The van der Waals surface area contributed by atoms with Crippen molar-refractivity contribution in [2.75, 3.05) is 11.4 Å². The number of nitrogens with zero attached hydrogens (tertiary/aromatic N) is 1. The van der Waals surface area contributed by atoms with E-state index in [1.807, 2.05) is 49.9 Å². The number of hydrogen-bond donors (Lipinski definition) is 1. The third-order valence-corrected chi connectivity index (χ3v) is 3.58. The highest BCUT2D eigenvalue weighted by molar-refractivity contribution is 5.97. The SMILES string of the molecule is CC(C)(C)C(=O)N1CCCCC(O)c2ccccc21. The van der Waals surface area contributed by atoms with Gasteiger partial charge in [-0.15, -0.1) is 0 Å². The van der Waals surface area contributed by atoms with Gasteiger partial charge in [0.1, 0.15) is 0 Å². The van der Waals surface area contributed by atoms with E-state index in [1.54, 1.807) is 0 Å². The molecule has 1 amide bonds. The maximum Gasteiger partial charge on any atom is 0.232 e. The van der Waals surface area contributed by atoms with Gasteiger partial charge in [-0.3, -0.25) is 4.79 Å². The van der Waals surface area contributed by atoms with Crippen LogP contribution in [0.2, 0.25) is 0 Å². The topological polar surface area (TPSA) is 40.5 Å². The molecule has 1 aromatic carbocycles. The van der Waals surface area contributed by atoms with Crippen LogP contribution in [-0.2, 0) is 4.79 Å².